The van der Waals surface area contributed by atoms with Gasteiger partial charge in [0.15, 0.2) is 5.01 Å². The van der Waals surface area contributed by atoms with Gasteiger partial charge in [0.2, 0.25) is 0 Å². The first-order valence-electron chi connectivity index (χ1n) is 7.74. The number of thiazole rings is 1. The van der Waals surface area contributed by atoms with Crippen LogP contribution in [-0.4, -0.2) is 27.2 Å². The number of hydrogen-bond acceptors (Lipinski definition) is 4. The van der Waals surface area contributed by atoms with E-state index in [1.807, 2.05) is 0 Å². The van der Waals surface area contributed by atoms with Gasteiger partial charge in [0, 0.05) is 36.9 Å². The molecule has 5 nitrogen and oxygen atoms in total. The van der Waals surface area contributed by atoms with E-state index in [1.54, 1.807) is 5.38 Å². The molecule has 0 saturated heterocycles. The Hall–Kier alpha value is -2.68. The van der Waals surface area contributed by atoms with E-state index < -0.39 is 17.9 Å². The lowest BCUT2D eigenvalue weighted by Crippen LogP contribution is -2.25. The molecule has 0 fully saturated rings. The number of benzene rings is 1. The molecule has 0 atom stereocenters. The highest BCUT2D eigenvalue weighted by Gasteiger charge is 2.21. The van der Waals surface area contributed by atoms with E-state index >= 15 is 0 Å². The topological polar surface area (TPSA) is 59.8 Å². The molecule has 2 aromatic heterocycles. The van der Waals surface area contributed by atoms with Crippen LogP contribution in [0.5, 0.6) is 0 Å². The Bertz CT molecular complexity index is 909. The molecule has 0 radical (unpaired) electrons. The minimum Gasteiger partial charge on any atom is -0.350 e. The van der Waals surface area contributed by atoms with Crippen LogP contribution in [-0.2, 0) is 13.5 Å². The third kappa shape index (κ3) is 3.93. The zero-order chi connectivity index (χ0) is 18.7. The average Bonchev–Trinajstić information content (AvgIpc) is 3.25. The van der Waals surface area contributed by atoms with Gasteiger partial charge in [-0.3, -0.25) is 9.48 Å². The normalized spacial score (nSPS) is 11.1. The Balaban J connectivity index is 1.82. The monoisotopic (exact) mass is 380 g/mol. The van der Waals surface area contributed by atoms with E-state index in [0.29, 0.717) is 22.6 Å². The van der Waals surface area contributed by atoms with E-state index in [2.05, 4.69) is 15.4 Å². The van der Waals surface area contributed by atoms with Gasteiger partial charge < -0.3 is 5.32 Å². The summed E-state index contributed by atoms with van der Waals surface area (Å²) in [6, 6.07) is 4.00. The van der Waals surface area contributed by atoms with Crippen molar-refractivity contribution in [1.82, 2.24) is 20.1 Å². The van der Waals surface area contributed by atoms with Crippen LogP contribution in [0.1, 0.15) is 27.5 Å². The standard InChI is InChI=1S/C17H15F3N4OS/c1-24-9-13(14(23-24)15(19)20)12-8-11(18)3-2-10(12)4-5-21-16(25)17-22-6-7-26-17/h2-3,6-9,15H,4-5H2,1H3,(H,21,25). The lowest BCUT2D eigenvalue weighted by molar-refractivity contribution is 0.0953. The van der Waals surface area contributed by atoms with Gasteiger partial charge in [0.1, 0.15) is 11.5 Å². The Morgan fingerprint density at radius 1 is 1.35 bits per heavy atom. The number of aryl methyl sites for hydroxylation is 1. The molecule has 0 spiro atoms. The van der Waals surface area contributed by atoms with Crippen molar-refractivity contribution in [1.29, 1.82) is 0 Å². The molecule has 136 valence electrons. The fourth-order valence-electron chi connectivity index (χ4n) is 2.61. The molecular weight excluding hydrogens is 365 g/mol. The number of hydrogen-bond donors (Lipinski definition) is 1. The summed E-state index contributed by atoms with van der Waals surface area (Å²) in [4.78, 5) is 15.8. The summed E-state index contributed by atoms with van der Waals surface area (Å²) < 4.78 is 41.5. The Labute approximate surface area is 151 Å². The summed E-state index contributed by atoms with van der Waals surface area (Å²) in [6.07, 6.45) is 0.552. The second-order valence-electron chi connectivity index (χ2n) is 5.55. The predicted octanol–water partition coefficient (Wildman–Crippen LogP) is 3.59. The molecule has 0 aliphatic heterocycles. The molecule has 0 aliphatic carbocycles. The molecule has 1 amide bonds. The van der Waals surface area contributed by atoms with Gasteiger partial charge in [-0.05, 0) is 29.7 Å². The van der Waals surface area contributed by atoms with E-state index in [1.165, 1.54) is 53.7 Å². The molecule has 0 unspecified atom stereocenters. The zero-order valence-electron chi connectivity index (χ0n) is 13.7. The van der Waals surface area contributed by atoms with Gasteiger partial charge in [0.25, 0.3) is 12.3 Å². The minimum atomic E-state index is -2.77. The number of carbonyl (C=O) groups excluding carboxylic acids is 1. The number of halogens is 3. The minimum absolute atomic E-state index is 0.184. The van der Waals surface area contributed by atoms with Crippen LogP contribution in [0.4, 0.5) is 13.2 Å². The Morgan fingerprint density at radius 2 is 2.15 bits per heavy atom. The smallest absolute Gasteiger partial charge is 0.282 e. The number of aromatic nitrogens is 3. The quantitative estimate of drug-likeness (QED) is 0.711. The fraction of sp³-hybridized carbons (Fsp3) is 0.235. The van der Waals surface area contributed by atoms with Crippen LogP contribution in [0.25, 0.3) is 11.1 Å². The van der Waals surface area contributed by atoms with Crippen LogP contribution in [0.3, 0.4) is 0 Å². The molecule has 3 aromatic rings. The lowest BCUT2D eigenvalue weighted by Gasteiger charge is -2.10. The average molecular weight is 380 g/mol. The van der Waals surface area contributed by atoms with Crippen LogP contribution in [0.15, 0.2) is 36.0 Å². The molecular formula is C17H15F3N4OS. The number of nitrogens with one attached hydrogen (secondary N) is 1. The van der Waals surface area contributed by atoms with Crippen molar-refractivity contribution in [3.05, 3.63) is 58.1 Å². The molecule has 1 N–H and O–H groups in total. The van der Waals surface area contributed by atoms with Crippen molar-refractivity contribution in [2.75, 3.05) is 6.54 Å². The highest BCUT2D eigenvalue weighted by atomic mass is 32.1. The Kier molecular flexibility index (Phi) is 5.36. The van der Waals surface area contributed by atoms with Crippen molar-refractivity contribution in [2.24, 2.45) is 7.05 Å². The first-order chi connectivity index (χ1) is 12.5. The van der Waals surface area contributed by atoms with Crippen molar-refractivity contribution in [3.63, 3.8) is 0 Å². The van der Waals surface area contributed by atoms with E-state index in [0.717, 1.165) is 0 Å². The molecule has 1 aromatic carbocycles. The first-order valence-corrected chi connectivity index (χ1v) is 8.62. The summed E-state index contributed by atoms with van der Waals surface area (Å²) >= 11 is 1.22. The summed E-state index contributed by atoms with van der Waals surface area (Å²) in [5.74, 6) is -0.835. The third-order valence-corrected chi connectivity index (χ3v) is 4.50. The molecule has 0 aliphatic rings. The largest absolute Gasteiger partial charge is 0.350 e. The Morgan fingerprint density at radius 3 is 2.85 bits per heavy atom. The summed E-state index contributed by atoms with van der Waals surface area (Å²) in [5.41, 5.74) is 0.770. The summed E-state index contributed by atoms with van der Waals surface area (Å²) in [7, 11) is 1.53. The maximum absolute atomic E-state index is 13.7. The number of nitrogens with zero attached hydrogens (tertiary/aromatic N) is 3. The van der Waals surface area contributed by atoms with Gasteiger partial charge in [-0.1, -0.05) is 6.07 Å². The zero-order valence-corrected chi connectivity index (χ0v) is 14.6. The van der Waals surface area contributed by atoms with Crippen LogP contribution >= 0.6 is 11.3 Å². The number of carbonyl (C=O) groups is 1. The highest BCUT2D eigenvalue weighted by molar-refractivity contribution is 7.11. The number of alkyl halides is 2. The molecule has 3 rings (SSSR count). The second-order valence-corrected chi connectivity index (χ2v) is 6.44. The molecule has 0 bridgehead atoms. The van der Waals surface area contributed by atoms with E-state index in [-0.39, 0.29) is 18.0 Å². The fourth-order valence-corrected chi connectivity index (χ4v) is 3.17. The maximum Gasteiger partial charge on any atom is 0.282 e. The van der Waals surface area contributed by atoms with Crippen LogP contribution in [0, 0.1) is 5.82 Å². The molecule has 0 saturated carbocycles. The maximum atomic E-state index is 13.7. The van der Waals surface area contributed by atoms with Gasteiger partial charge in [-0.25, -0.2) is 18.2 Å². The van der Waals surface area contributed by atoms with Crippen LogP contribution in [0.2, 0.25) is 0 Å². The number of rotatable bonds is 6. The highest BCUT2D eigenvalue weighted by Crippen LogP contribution is 2.32. The molecule has 2 heterocycles. The first kappa shape index (κ1) is 18.1. The predicted molar refractivity (Wildman–Crippen MR) is 91.7 cm³/mol. The summed E-state index contributed by atoms with van der Waals surface area (Å²) in [5, 5.41) is 8.52. The van der Waals surface area contributed by atoms with Crippen molar-refractivity contribution in [3.8, 4) is 11.1 Å². The van der Waals surface area contributed by atoms with Gasteiger partial charge in [-0.15, -0.1) is 11.3 Å². The van der Waals surface area contributed by atoms with Crippen LogP contribution < -0.4 is 5.32 Å². The van der Waals surface area contributed by atoms with Crippen molar-refractivity contribution >= 4 is 17.2 Å². The molecule has 26 heavy (non-hydrogen) atoms. The molecule has 9 heteroatoms. The van der Waals surface area contributed by atoms with E-state index in [9.17, 15) is 18.0 Å². The summed E-state index contributed by atoms with van der Waals surface area (Å²) in [6.45, 7) is 0.265. The third-order valence-electron chi connectivity index (χ3n) is 3.73. The van der Waals surface area contributed by atoms with Gasteiger partial charge in [-0.2, -0.15) is 5.10 Å². The second kappa shape index (κ2) is 7.69. The van der Waals surface area contributed by atoms with Gasteiger partial charge in [0.05, 0.1) is 0 Å². The van der Waals surface area contributed by atoms with Crippen molar-refractivity contribution in [2.45, 2.75) is 12.8 Å². The van der Waals surface area contributed by atoms with E-state index in [4.69, 9.17) is 0 Å². The SMILES string of the molecule is Cn1cc(-c2cc(F)ccc2CCNC(=O)c2nccs2)c(C(F)F)n1. The number of amides is 1. The lowest BCUT2D eigenvalue weighted by atomic mass is 9.97. The van der Waals surface area contributed by atoms with Gasteiger partial charge >= 0.3 is 0 Å². The van der Waals surface area contributed by atoms with Crippen molar-refractivity contribution < 1.29 is 18.0 Å².